The molecule has 0 unspecified atom stereocenters. The van der Waals surface area contributed by atoms with Gasteiger partial charge in [-0.15, -0.1) is 0 Å². The van der Waals surface area contributed by atoms with Crippen molar-refractivity contribution in [2.45, 2.75) is 12.8 Å². The second-order valence-electron chi connectivity index (χ2n) is 4.00. The lowest BCUT2D eigenvalue weighted by molar-refractivity contribution is 0.285. The van der Waals surface area contributed by atoms with Gasteiger partial charge < -0.3 is 0 Å². The summed E-state index contributed by atoms with van der Waals surface area (Å²) in [6.07, 6.45) is 2.30. The fourth-order valence-corrected chi connectivity index (χ4v) is 3.69. The van der Waals surface area contributed by atoms with Crippen LogP contribution in [0.3, 0.4) is 0 Å². The molecule has 1 aliphatic rings. The molecule has 0 N–H and O–H groups in total. The normalized spacial score (nSPS) is 21.1. The van der Waals surface area contributed by atoms with E-state index in [9.17, 15) is 16.8 Å². The number of nitrogens with zero attached hydrogens (tertiary/aromatic N) is 1. The Balaban J connectivity index is 2.51. The van der Waals surface area contributed by atoms with Gasteiger partial charge in [0, 0.05) is 13.1 Å². The van der Waals surface area contributed by atoms with Crippen LogP contribution >= 0.6 is 0 Å². The first kappa shape index (κ1) is 13.9. The molecule has 0 radical (unpaired) electrons. The molecule has 0 saturated carbocycles. The minimum atomic E-state index is -3.44. The smallest absolute Gasteiger partial charge is 0.267 e. The molecule has 0 amide bonds. The van der Waals surface area contributed by atoms with Crippen molar-refractivity contribution in [1.29, 1.82) is 0 Å². The molecule has 0 aromatic carbocycles. The van der Waals surface area contributed by atoms with Crippen molar-refractivity contribution in [2.24, 2.45) is 5.92 Å². The predicted molar refractivity (Wildman–Crippen MR) is 59.9 cm³/mol. The van der Waals surface area contributed by atoms with Gasteiger partial charge in [-0.05, 0) is 18.8 Å². The molecule has 0 aromatic rings. The van der Waals surface area contributed by atoms with E-state index < -0.39 is 20.1 Å². The second kappa shape index (κ2) is 4.99. The van der Waals surface area contributed by atoms with Crippen LogP contribution in [-0.4, -0.2) is 53.3 Å². The van der Waals surface area contributed by atoms with E-state index in [1.54, 1.807) is 0 Å². The number of sulfonamides is 1. The highest BCUT2D eigenvalue weighted by Gasteiger charge is 2.27. The Labute approximate surface area is 96.8 Å². The number of hydrogen-bond acceptors (Lipinski definition) is 5. The minimum Gasteiger partial charge on any atom is -0.273 e. The maximum Gasteiger partial charge on any atom is 0.267 e. The molecular weight excluding hydrogens is 254 g/mol. The third-order valence-corrected chi connectivity index (χ3v) is 5.43. The Morgan fingerprint density at radius 3 is 2.06 bits per heavy atom. The zero-order chi connectivity index (χ0) is 12.4. The van der Waals surface area contributed by atoms with Crippen LogP contribution in [0.25, 0.3) is 0 Å². The SMILES string of the molecule is COS(=O)(=O)CC1CCN(S(C)(=O)=O)CC1. The first-order valence-corrected chi connectivity index (χ1v) is 8.40. The summed E-state index contributed by atoms with van der Waals surface area (Å²) in [6, 6.07) is 0. The quantitative estimate of drug-likeness (QED) is 0.652. The van der Waals surface area contributed by atoms with E-state index in [1.807, 2.05) is 0 Å². The van der Waals surface area contributed by atoms with Gasteiger partial charge in [0.1, 0.15) is 0 Å². The summed E-state index contributed by atoms with van der Waals surface area (Å²) in [6.45, 7) is 0.783. The van der Waals surface area contributed by atoms with E-state index >= 15 is 0 Å². The van der Waals surface area contributed by atoms with E-state index in [-0.39, 0.29) is 11.7 Å². The van der Waals surface area contributed by atoms with Gasteiger partial charge in [-0.1, -0.05) is 0 Å². The summed E-state index contributed by atoms with van der Waals surface area (Å²) in [7, 11) is -5.45. The van der Waals surface area contributed by atoms with Crippen molar-refractivity contribution >= 4 is 20.1 Å². The van der Waals surface area contributed by atoms with Gasteiger partial charge in [-0.2, -0.15) is 8.42 Å². The van der Waals surface area contributed by atoms with Crippen molar-refractivity contribution < 1.29 is 21.0 Å². The van der Waals surface area contributed by atoms with E-state index in [2.05, 4.69) is 4.18 Å². The summed E-state index contributed by atoms with van der Waals surface area (Å²) >= 11 is 0. The second-order valence-corrected chi connectivity index (χ2v) is 7.76. The predicted octanol–water partition coefficient (Wildman–Crippen LogP) is -0.366. The summed E-state index contributed by atoms with van der Waals surface area (Å²) < 4.78 is 50.6. The summed E-state index contributed by atoms with van der Waals surface area (Å²) in [4.78, 5) is 0. The molecule has 1 rings (SSSR count). The molecule has 1 fully saturated rings. The molecule has 16 heavy (non-hydrogen) atoms. The van der Waals surface area contributed by atoms with Crippen molar-refractivity contribution in [3.63, 3.8) is 0 Å². The van der Waals surface area contributed by atoms with Crippen molar-refractivity contribution in [3.8, 4) is 0 Å². The van der Waals surface area contributed by atoms with Crippen LogP contribution in [0, 0.1) is 5.92 Å². The van der Waals surface area contributed by atoms with Crippen LogP contribution < -0.4 is 0 Å². The number of piperidine rings is 1. The highest BCUT2D eigenvalue weighted by atomic mass is 32.2. The highest BCUT2D eigenvalue weighted by molar-refractivity contribution is 7.88. The van der Waals surface area contributed by atoms with Gasteiger partial charge in [0.05, 0.1) is 19.1 Å². The third-order valence-electron chi connectivity index (χ3n) is 2.74. The van der Waals surface area contributed by atoms with Gasteiger partial charge in [-0.25, -0.2) is 12.7 Å². The minimum absolute atomic E-state index is 0.0112. The lowest BCUT2D eigenvalue weighted by atomic mass is 10.0. The molecule has 0 spiro atoms. The fraction of sp³-hybridized carbons (Fsp3) is 1.00. The summed E-state index contributed by atoms with van der Waals surface area (Å²) in [5, 5.41) is 0. The van der Waals surface area contributed by atoms with Gasteiger partial charge in [0.2, 0.25) is 10.0 Å². The highest BCUT2D eigenvalue weighted by Crippen LogP contribution is 2.20. The number of rotatable bonds is 4. The molecule has 1 heterocycles. The molecule has 0 atom stereocenters. The molecule has 6 nitrogen and oxygen atoms in total. The third kappa shape index (κ3) is 4.00. The Morgan fingerprint density at radius 2 is 1.69 bits per heavy atom. The monoisotopic (exact) mass is 271 g/mol. The van der Waals surface area contributed by atoms with Crippen molar-refractivity contribution in [2.75, 3.05) is 32.2 Å². The zero-order valence-corrected chi connectivity index (χ0v) is 11.1. The Bertz CT molecular complexity index is 419. The Kier molecular flexibility index (Phi) is 4.33. The molecule has 1 aliphatic heterocycles. The molecule has 1 saturated heterocycles. The van der Waals surface area contributed by atoms with Gasteiger partial charge >= 0.3 is 0 Å². The Morgan fingerprint density at radius 1 is 1.19 bits per heavy atom. The van der Waals surface area contributed by atoms with E-state index in [1.165, 1.54) is 10.6 Å². The van der Waals surface area contributed by atoms with Crippen LogP contribution in [0.5, 0.6) is 0 Å². The first-order valence-electron chi connectivity index (χ1n) is 4.98. The standard InChI is InChI=1S/C8H17NO5S2/c1-14-16(12,13)7-8-3-5-9(6-4-8)15(2,10)11/h8H,3-7H2,1-2H3. The van der Waals surface area contributed by atoms with E-state index in [0.29, 0.717) is 25.9 Å². The largest absolute Gasteiger partial charge is 0.273 e. The molecule has 8 heteroatoms. The van der Waals surface area contributed by atoms with E-state index in [4.69, 9.17) is 0 Å². The van der Waals surface area contributed by atoms with Gasteiger partial charge in [0.25, 0.3) is 10.1 Å². The lowest BCUT2D eigenvalue weighted by Crippen LogP contribution is -2.39. The van der Waals surface area contributed by atoms with Gasteiger partial charge in [-0.3, -0.25) is 4.18 Å². The molecule has 96 valence electrons. The first-order chi connectivity index (χ1) is 7.24. The van der Waals surface area contributed by atoms with Crippen molar-refractivity contribution in [3.05, 3.63) is 0 Å². The number of hydrogen-bond donors (Lipinski definition) is 0. The molecular formula is C8H17NO5S2. The zero-order valence-electron chi connectivity index (χ0n) is 9.42. The Hall–Kier alpha value is -0.180. The summed E-state index contributed by atoms with van der Waals surface area (Å²) in [5.41, 5.74) is 0. The topological polar surface area (TPSA) is 80.8 Å². The van der Waals surface area contributed by atoms with Gasteiger partial charge in [0.15, 0.2) is 0 Å². The van der Waals surface area contributed by atoms with Crippen molar-refractivity contribution in [1.82, 2.24) is 4.31 Å². The van der Waals surface area contributed by atoms with Crippen LogP contribution in [0.4, 0.5) is 0 Å². The average Bonchev–Trinajstić information content (AvgIpc) is 2.16. The summed E-state index contributed by atoms with van der Waals surface area (Å²) in [5.74, 6) is -0.0378. The average molecular weight is 271 g/mol. The van der Waals surface area contributed by atoms with Crippen LogP contribution in [0.15, 0.2) is 0 Å². The molecule has 0 aromatic heterocycles. The molecule has 0 bridgehead atoms. The maximum absolute atomic E-state index is 11.2. The van der Waals surface area contributed by atoms with Crippen LogP contribution in [0.1, 0.15) is 12.8 Å². The molecule has 0 aliphatic carbocycles. The van der Waals surface area contributed by atoms with E-state index in [0.717, 1.165) is 7.11 Å². The fourth-order valence-electron chi connectivity index (χ4n) is 1.76. The maximum atomic E-state index is 11.2. The van der Waals surface area contributed by atoms with Crippen LogP contribution in [-0.2, 0) is 24.3 Å². The van der Waals surface area contributed by atoms with Crippen LogP contribution in [0.2, 0.25) is 0 Å². The lowest BCUT2D eigenvalue weighted by Gasteiger charge is -2.29.